The van der Waals surface area contributed by atoms with Gasteiger partial charge in [0.1, 0.15) is 22.8 Å². The lowest BCUT2D eigenvalue weighted by Crippen LogP contribution is -2.36. The summed E-state index contributed by atoms with van der Waals surface area (Å²) < 4.78 is 8.96. The van der Waals surface area contributed by atoms with Crippen molar-refractivity contribution in [3.05, 3.63) is 187 Å². The van der Waals surface area contributed by atoms with E-state index in [0.29, 0.717) is 0 Å². The highest BCUT2D eigenvalue weighted by Gasteiger charge is 2.23. The summed E-state index contributed by atoms with van der Waals surface area (Å²) in [5.41, 5.74) is 10.4. The third-order valence-electron chi connectivity index (χ3n) is 9.67. The summed E-state index contributed by atoms with van der Waals surface area (Å²) in [5.74, 6) is 1.56. The van der Waals surface area contributed by atoms with Crippen molar-refractivity contribution >= 4 is 55.4 Å². The summed E-state index contributed by atoms with van der Waals surface area (Å²) in [6.45, 7) is 0. The van der Waals surface area contributed by atoms with Gasteiger partial charge in [0.15, 0.2) is 6.17 Å². The minimum atomic E-state index is -0.454. The quantitative estimate of drug-likeness (QED) is 0.203. The number of aliphatic imine (C=N–C) groups is 2. The molecule has 0 bridgehead atoms. The first-order valence-electron chi connectivity index (χ1n) is 16.9. The smallest absolute Gasteiger partial charge is 0.169 e. The Kier molecular flexibility index (Phi) is 6.49. The molecular weight excluding hydrogens is 613 g/mol. The Morgan fingerprint density at radius 2 is 1.02 bits per heavy atom. The predicted molar refractivity (Wildman–Crippen MR) is 205 cm³/mol. The Morgan fingerprint density at radius 3 is 1.70 bits per heavy atom. The number of fused-ring (bicyclic) bond motifs is 6. The molecule has 50 heavy (non-hydrogen) atoms. The molecule has 3 heterocycles. The molecule has 0 fully saturated rings. The van der Waals surface area contributed by atoms with E-state index in [1.54, 1.807) is 0 Å². The fourth-order valence-corrected chi connectivity index (χ4v) is 7.29. The maximum absolute atomic E-state index is 6.60. The summed E-state index contributed by atoms with van der Waals surface area (Å²) in [6.07, 6.45) is -0.454. The van der Waals surface area contributed by atoms with Crippen molar-refractivity contribution in [3.8, 4) is 16.8 Å². The van der Waals surface area contributed by atoms with Crippen LogP contribution in [0.2, 0.25) is 0 Å². The Morgan fingerprint density at radius 1 is 0.460 bits per heavy atom. The van der Waals surface area contributed by atoms with Crippen molar-refractivity contribution in [2.24, 2.45) is 9.98 Å². The molecule has 0 saturated carbocycles. The maximum Gasteiger partial charge on any atom is 0.169 e. The molecule has 1 atom stereocenters. The highest BCUT2D eigenvalue weighted by molar-refractivity contribution is 6.16. The normalized spacial score (nSPS) is 14.6. The van der Waals surface area contributed by atoms with E-state index in [-0.39, 0.29) is 0 Å². The van der Waals surface area contributed by atoms with Crippen molar-refractivity contribution in [3.63, 3.8) is 0 Å². The van der Waals surface area contributed by atoms with Gasteiger partial charge in [-0.1, -0.05) is 133 Å². The SMILES string of the molecule is c1ccc(C2=NC(c3ccc4c(c3)oc3cccc(-n5c6ccccc6c6ccccc65)c34)N=C(c3ccc(-c4ccccc4)cc3)N2)cc1. The van der Waals surface area contributed by atoms with Gasteiger partial charge in [-0.2, -0.15) is 0 Å². The van der Waals surface area contributed by atoms with Gasteiger partial charge < -0.3 is 14.3 Å². The fourth-order valence-electron chi connectivity index (χ4n) is 7.29. The molecule has 0 radical (unpaired) electrons. The van der Waals surface area contributed by atoms with Gasteiger partial charge in [0.2, 0.25) is 0 Å². The molecule has 0 amide bonds. The average molecular weight is 643 g/mol. The molecule has 0 aliphatic carbocycles. The Bertz CT molecular complexity index is 2720. The monoisotopic (exact) mass is 642 g/mol. The number of benzene rings is 7. The zero-order valence-electron chi connectivity index (χ0n) is 27.0. The number of nitrogens with zero attached hydrogens (tertiary/aromatic N) is 3. The van der Waals surface area contributed by atoms with Crippen LogP contribution < -0.4 is 5.32 Å². The molecular formula is C45H30N4O. The van der Waals surface area contributed by atoms with Gasteiger partial charge in [-0.25, -0.2) is 9.98 Å². The molecule has 1 N–H and O–H groups in total. The number of furan rings is 1. The molecule has 5 nitrogen and oxygen atoms in total. The largest absolute Gasteiger partial charge is 0.456 e. The van der Waals surface area contributed by atoms with Gasteiger partial charge in [-0.05, 0) is 47.5 Å². The van der Waals surface area contributed by atoms with Crippen molar-refractivity contribution in [1.82, 2.24) is 9.88 Å². The van der Waals surface area contributed by atoms with Crippen LogP contribution in [0, 0.1) is 0 Å². The minimum absolute atomic E-state index is 0.454. The lowest BCUT2D eigenvalue weighted by Gasteiger charge is -2.22. The summed E-state index contributed by atoms with van der Waals surface area (Å²) >= 11 is 0. The summed E-state index contributed by atoms with van der Waals surface area (Å²) in [6, 6.07) is 59.1. The minimum Gasteiger partial charge on any atom is -0.456 e. The second-order valence-corrected chi connectivity index (χ2v) is 12.6. The Labute approximate surface area is 288 Å². The zero-order chi connectivity index (χ0) is 33.0. The van der Waals surface area contributed by atoms with Crippen LogP contribution >= 0.6 is 0 Å². The number of rotatable bonds is 5. The second kappa shape index (κ2) is 11.5. The van der Waals surface area contributed by atoms with Crippen molar-refractivity contribution < 1.29 is 4.42 Å². The third-order valence-corrected chi connectivity index (χ3v) is 9.67. The molecule has 236 valence electrons. The maximum atomic E-state index is 6.60. The highest BCUT2D eigenvalue weighted by atomic mass is 16.3. The first-order valence-corrected chi connectivity index (χ1v) is 16.9. The number of para-hydroxylation sites is 2. The summed E-state index contributed by atoms with van der Waals surface area (Å²) in [4.78, 5) is 10.3. The van der Waals surface area contributed by atoms with Gasteiger partial charge in [0.25, 0.3) is 0 Å². The molecule has 1 unspecified atom stereocenters. The molecule has 10 rings (SSSR count). The van der Waals surface area contributed by atoms with Crippen LogP contribution in [0.25, 0.3) is 60.6 Å². The molecule has 1 aliphatic rings. The van der Waals surface area contributed by atoms with E-state index < -0.39 is 6.17 Å². The number of aromatic nitrogens is 1. The third kappa shape index (κ3) is 4.63. The Hall–Kier alpha value is -6.72. The van der Waals surface area contributed by atoms with E-state index in [1.807, 2.05) is 24.3 Å². The number of hydrogen-bond acceptors (Lipinski definition) is 4. The fraction of sp³-hybridized carbons (Fsp3) is 0.0222. The van der Waals surface area contributed by atoms with Crippen LogP contribution in [0.1, 0.15) is 22.9 Å². The van der Waals surface area contributed by atoms with Crippen molar-refractivity contribution in [2.75, 3.05) is 0 Å². The van der Waals surface area contributed by atoms with Crippen LogP contribution in [0.4, 0.5) is 0 Å². The zero-order valence-corrected chi connectivity index (χ0v) is 27.0. The first kappa shape index (κ1) is 28.3. The van der Waals surface area contributed by atoms with Crippen LogP contribution in [-0.4, -0.2) is 16.2 Å². The second-order valence-electron chi connectivity index (χ2n) is 12.6. The van der Waals surface area contributed by atoms with Crippen molar-refractivity contribution in [1.29, 1.82) is 0 Å². The summed E-state index contributed by atoms with van der Waals surface area (Å²) in [7, 11) is 0. The number of amidine groups is 2. The van der Waals surface area contributed by atoms with Crippen LogP contribution in [0.5, 0.6) is 0 Å². The molecule has 5 heteroatoms. The molecule has 9 aromatic rings. The Balaban J connectivity index is 1.10. The number of nitrogens with one attached hydrogen (secondary N) is 1. The van der Waals surface area contributed by atoms with Gasteiger partial charge in [0.05, 0.1) is 22.1 Å². The van der Waals surface area contributed by atoms with E-state index >= 15 is 0 Å². The van der Waals surface area contributed by atoms with E-state index in [9.17, 15) is 0 Å². The first-order chi connectivity index (χ1) is 24.8. The van der Waals surface area contributed by atoms with Crippen molar-refractivity contribution in [2.45, 2.75) is 6.17 Å². The van der Waals surface area contributed by atoms with E-state index in [4.69, 9.17) is 14.4 Å². The highest BCUT2D eigenvalue weighted by Crippen LogP contribution is 2.39. The lowest BCUT2D eigenvalue weighted by atomic mass is 10.0. The van der Waals surface area contributed by atoms with Gasteiger partial charge in [0, 0.05) is 32.8 Å². The van der Waals surface area contributed by atoms with Crippen LogP contribution in [0.3, 0.4) is 0 Å². The molecule has 1 aliphatic heterocycles. The molecule has 2 aromatic heterocycles. The molecule has 0 spiro atoms. The molecule has 0 saturated heterocycles. The van der Waals surface area contributed by atoms with Gasteiger partial charge in [-0.3, -0.25) is 0 Å². The number of hydrogen-bond donors (Lipinski definition) is 1. The van der Waals surface area contributed by atoms with Crippen LogP contribution in [0.15, 0.2) is 184 Å². The van der Waals surface area contributed by atoms with E-state index in [2.05, 4.69) is 155 Å². The van der Waals surface area contributed by atoms with E-state index in [0.717, 1.165) is 61.6 Å². The van der Waals surface area contributed by atoms with Gasteiger partial charge >= 0.3 is 0 Å². The average Bonchev–Trinajstić information content (AvgIpc) is 3.74. The van der Waals surface area contributed by atoms with Gasteiger partial charge in [-0.15, -0.1) is 0 Å². The lowest BCUT2D eigenvalue weighted by molar-refractivity contribution is 0.665. The summed E-state index contributed by atoms with van der Waals surface area (Å²) in [5, 5.41) is 8.14. The predicted octanol–water partition coefficient (Wildman–Crippen LogP) is 10.8. The van der Waals surface area contributed by atoms with E-state index in [1.165, 1.54) is 27.4 Å². The topological polar surface area (TPSA) is 54.8 Å². The standard InChI is InChI=1S/C45H30N4O/c1-3-12-29(13-4-1)30-22-24-32(25-23-30)44-46-43(31-14-5-2-6-15-31)47-45(48-44)33-26-27-36-41(28-33)50-40-21-11-20-39(42(36)40)49-37-18-9-7-16-34(37)35-17-8-10-19-38(35)49/h1-28,45H,(H,46,47,48). The van der Waals surface area contributed by atoms with Crippen LogP contribution in [-0.2, 0) is 0 Å². The molecule has 7 aromatic carbocycles.